The topological polar surface area (TPSA) is 83.3 Å². The summed E-state index contributed by atoms with van der Waals surface area (Å²) in [4.78, 5) is 21.0. The van der Waals surface area contributed by atoms with Gasteiger partial charge in [-0.05, 0) is 31.2 Å². The fraction of sp³-hybridized carbons (Fsp3) is 0.419. The van der Waals surface area contributed by atoms with Gasteiger partial charge in [0.15, 0.2) is 6.23 Å². The molecule has 0 bridgehead atoms. The molecule has 12 heteroatoms. The average molecular weight is 628 g/mol. The van der Waals surface area contributed by atoms with Gasteiger partial charge in [0.2, 0.25) is 5.91 Å². The summed E-state index contributed by atoms with van der Waals surface area (Å²) in [5, 5.41) is 22.7. The number of hydrogen-bond donors (Lipinski definition) is 1. The van der Waals surface area contributed by atoms with E-state index in [9.17, 15) is 19.6 Å². The van der Waals surface area contributed by atoms with Crippen LogP contribution >= 0.6 is 23.4 Å². The molecule has 1 amide bonds. The van der Waals surface area contributed by atoms with E-state index in [1.165, 1.54) is 30.0 Å². The summed E-state index contributed by atoms with van der Waals surface area (Å²) in [6.07, 6.45) is 0.0326. The Morgan fingerprint density at radius 3 is 2.67 bits per heavy atom. The molecule has 0 aromatic heterocycles. The van der Waals surface area contributed by atoms with Gasteiger partial charge in [0, 0.05) is 78.7 Å². The van der Waals surface area contributed by atoms with E-state index in [1.807, 2.05) is 16.7 Å². The number of amides is 1. The van der Waals surface area contributed by atoms with Gasteiger partial charge in [-0.1, -0.05) is 18.2 Å². The lowest BCUT2D eigenvalue weighted by molar-refractivity contribution is -0.128. The third kappa shape index (κ3) is 5.29. The highest BCUT2D eigenvalue weighted by molar-refractivity contribution is 7.99. The predicted molar refractivity (Wildman–Crippen MR) is 163 cm³/mol. The van der Waals surface area contributed by atoms with Gasteiger partial charge >= 0.3 is 0 Å². The highest BCUT2D eigenvalue weighted by Crippen LogP contribution is 2.54. The first kappa shape index (κ1) is 29.9. The zero-order chi connectivity index (χ0) is 30.4. The molecule has 0 aliphatic carbocycles. The predicted octanol–water partition coefficient (Wildman–Crippen LogP) is 4.18. The lowest BCUT2D eigenvalue weighted by atomic mass is 9.90. The largest absolute Gasteiger partial charge is 0.379 e. The smallest absolute Gasteiger partial charge is 0.246 e. The number of aliphatic hydroxyl groups is 1. The Kier molecular flexibility index (Phi) is 8.41. The van der Waals surface area contributed by atoms with Crippen molar-refractivity contribution in [1.29, 1.82) is 5.26 Å². The third-order valence-corrected chi connectivity index (χ3v) is 10.1. The van der Waals surface area contributed by atoms with Crippen molar-refractivity contribution in [3.05, 3.63) is 64.7 Å². The minimum atomic E-state index is -1.26. The van der Waals surface area contributed by atoms with E-state index in [-0.39, 0.29) is 34.2 Å². The number of ether oxygens (including phenoxy) is 1. The number of nitriles is 1. The van der Waals surface area contributed by atoms with Crippen molar-refractivity contribution < 1.29 is 23.4 Å². The summed E-state index contributed by atoms with van der Waals surface area (Å²) in [5.41, 5.74) is 2.70. The number of aliphatic hydroxyl groups excluding tert-OH is 1. The standard InChI is InChI=1S/C31H32ClF2N5O3S/c1-3-26(40)37-6-7-38(18(2)15-37)28-22-13-24(32)27(21-5-4-19(33)12-25(21)34)30-29(22)39(31(41)23(28)14-35)20(17-43-30)16-36-8-10-42-11-9-36/h3-5,12-13,18,20,31,41H,1,6-11,15-17H2,2H3/t18-,20?,31?/m0/s1. The molecule has 1 N–H and O–H groups in total. The molecule has 8 nitrogen and oxygen atoms in total. The molecular formula is C31H32ClF2N5O3S. The van der Waals surface area contributed by atoms with Crippen molar-refractivity contribution in [2.75, 3.05) is 63.1 Å². The molecule has 3 atom stereocenters. The highest BCUT2D eigenvalue weighted by Gasteiger charge is 2.45. The van der Waals surface area contributed by atoms with Crippen LogP contribution in [0.5, 0.6) is 0 Å². The molecule has 2 aromatic rings. The normalized spacial score (nSPS) is 24.1. The van der Waals surface area contributed by atoms with Gasteiger partial charge in [-0.25, -0.2) is 8.78 Å². The molecule has 6 rings (SSSR count). The Labute approximate surface area is 258 Å². The zero-order valence-corrected chi connectivity index (χ0v) is 25.3. The molecule has 2 saturated heterocycles. The van der Waals surface area contributed by atoms with E-state index in [4.69, 9.17) is 16.3 Å². The summed E-state index contributed by atoms with van der Waals surface area (Å²) in [6, 6.07) is 7.09. The Hall–Kier alpha value is -3.14. The number of carbonyl (C=O) groups excluding carboxylic acids is 1. The quantitative estimate of drug-likeness (QED) is 0.495. The Morgan fingerprint density at radius 1 is 1.23 bits per heavy atom. The third-order valence-electron chi connectivity index (χ3n) is 8.61. The van der Waals surface area contributed by atoms with Gasteiger partial charge in [0.05, 0.1) is 35.7 Å². The number of piperazine rings is 1. The number of hydrogen-bond acceptors (Lipinski definition) is 8. The summed E-state index contributed by atoms with van der Waals surface area (Å²) in [7, 11) is 0. The molecule has 2 unspecified atom stereocenters. The monoisotopic (exact) mass is 627 g/mol. The van der Waals surface area contributed by atoms with Gasteiger partial charge in [0.1, 0.15) is 23.3 Å². The van der Waals surface area contributed by atoms with E-state index >= 15 is 4.39 Å². The summed E-state index contributed by atoms with van der Waals surface area (Å²) in [6.45, 7) is 10.2. The molecule has 0 saturated carbocycles. The van der Waals surface area contributed by atoms with Crippen LogP contribution in [0.1, 0.15) is 12.5 Å². The van der Waals surface area contributed by atoms with Gasteiger partial charge < -0.3 is 24.5 Å². The molecular weight excluding hydrogens is 596 g/mol. The lowest BCUT2D eigenvalue weighted by Gasteiger charge is -2.50. The van der Waals surface area contributed by atoms with Crippen molar-refractivity contribution >= 4 is 40.7 Å². The summed E-state index contributed by atoms with van der Waals surface area (Å²) in [5.74, 6) is -1.03. The van der Waals surface area contributed by atoms with Crippen LogP contribution < -0.4 is 4.90 Å². The van der Waals surface area contributed by atoms with Crippen LogP contribution in [0.3, 0.4) is 0 Å². The van der Waals surface area contributed by atoms with E-state index < -0.39 is 17.9 Å². The molecule has 2 fully saturated rings. The van der Waals surface area contributed by atoms with Crippen molar-refractivity contribution in [3.8, 4) is 17.2 Å². The van der Waals surface area contributed by atoms with Crippen LogP contribution in [0.4, 0.5) is 14.5 Å². The summed E-state index contributed by atoms with van der Waals surface area (Å²) >= 11 is 8.47. The molecule has 43 heavy (non-hydrogen) atoms. The zero-order valence-electron chi connectivity index (χ0n) is 23.7. The van der Waals surface area contributed by atoms with Crippen LogP contribution in [0, 0.1) is 23.0 Å². The Balaban J connectivity index is 1.52. The molecule has 4 aliphatic rings. The number of rotatable bonds is 5. The first-order valence-corrected chi connectivity index (χ1v) is 15.6. The number of halogens is 3. The van der Waals surface area contributed by atoms with E-state index in [0.717, 1.165) is 19.2 Å². The second-order valence-corrected chi connectivity index (χ2v) is 12.6. The molecule has 4 heterocycles. The number of morpholine rings is 1. The maximum Gasteiger partial charge on any atom is 0.246 e. The van der Waals surface area contributed by atoms with Crippen molar-refractivity contribution in [1.82, 2.24) is 14.7 Å². The summed E-state index contributed by atoms with van der Waals surface area (Å²) < 4.78 is 34.6. The van der Waals surface area contributed by atoms with Crippen LogP contribution in [-0.4, -0.2) is 102 Å². The van der Waals surface area contributed by atoms with E-state index in [0.29, 0.717) is 72.6 Å². The van der Waals surface area contributed by atoms with Crippen molar-refractivity contribution in [2.24, 2.45) is 0 Å². The Morgan fingerprint density at radius 2 is 2.00 bits per heavy atom. The van der Waals surface area contributed by atoms with Crippen LogP contribution in [0.25, 0.3) is 16.8 Å². The van der Waals surface area contributed by atoms with Crippen LogP contribution in [-0.2, 0) is 9.53 Å². The van der Waals surface area contributed by atoms with E-state index in [1.54, 1.807) is 11.0 Å². The van der Waals surface area contributed by atoms with Gasteiger partial charge in [-0.3, -0.25) is 9.69 Å². The Bertz CT molecular complexity index is 1540. The van der Waals surface area contributed by atoms with Gasteiger partial charge in [-0.2, -0.15) is 5.26 Å². The first-order chi connectivity index (χ1) is 20.7. The van der Waals surface area contributed by atoms with Gasteiger partial charge in [-0.15, -0.1) is 11.8 Å². The minimum absolute atomic E-state index is 0.163. The fourth-order valence-electron chi connectivity index (χ4n) is 6.57. The molecule has 0 spiro atoms. The number of carbonyl (C=O) groups is 1. The molecule has 226 valence electrons. The fourth-order valence-corrected chi connectivity index (χ4v) is 8.27. The molecule has 2 aromatic carbocycles. The number of nitrogens with zero attached hydrogens (tertiary/aromatic N) is 5. The highest BCUT2D eigenvalue weighted by atomic mass is 35.5. The van der Waals surface area contributed by atoms with Crippen molar-refractivity contribution in [3.63, 3.8) is 0 Å². The maximum atomic E-state index is 15.2. The van der Waals surface area contributed by atoms with Crippen molar-refractivity contribution in [2.45, 2.75) is 30.1 Å². The minimum Gasteiger partial charge on any atom is -0.379 e. The van der Waals surface area contributed by atoms with Gasteiger partial charge in [0.25, 0.3) is 0 Å². The van der Waals surface area contributed by atoms with E-state index in [2.05, 4.69) is 17.5 Å². The molecule has 4 aliphatic heterocycles. The number of benzene rings is 2. The first-order valence-electron chi connectivity index (χ1n) is 14.3. The second-order valence-electron chi connectivity index (χ2n) is 11.1. The van der Waals surface area contributed by atoms with Crippen LogP contribution in [0.2, 0.25) is 5.02 Å². The maximum absolute atomic E-state index is 15.2. The molecule has 0 radical (unpaired) electrons. The average Bonchev–Trinajstić information content (AvgIpc) is 3.00. The van der Waals surface area contributed by atoms with Crippen LogP contribution in [0.15, 0.2) is 47.4 Å². The second kappa shape index (κ2) is 12.1. The number of thioether (sulfide) groups is 1. The SMILES string of the molecule is C=CC(=O)N1CCN(C2=C(C#N)C(O)N3c4c2cc(Cl)c(-c2ccc(F)cc2F)c4SCC3CN2CCOCC2)[C@@H](C)C1. The number of anilines is 1. The lowest BCUT2D eigenvalue weighted by Crippen LogP contribution is -2.57.